The highest BCUT2D eigenvalue weighted by Crippen LogP contribution is 2.25. The minimum atomic E-state index is 0.356. The zero-order chi connectivity index (χ0) is 12.4. The Morgan fingerprint density at radius 3 is 2.82 bits per heavy atom. The van der Waals surface area contributed by atoms with Crippen LogP contribution in [0, 0.1) is 0 Å². The van der Waals surface area contributed by atoms with Gasteiger partial charge in [-0.3, -0.25) is 0 Å². The van der Waals surface area contributed by atoms with Crippen molar-refractivity contribution >= 4 is 50.7 Å². The molecule has 1 aromatic heterocycles. The van der Waals surface area contributed by atoms with E-state index in [0.717, 1.165) is 15.4 Å². The molecule has 1 aromatic carbocycles. The first-order valence-electron chi connectivity index (χ1n) is 4.89. The van der Waals surface area contributed by atoms with Gasteiger partial charge in [0.05, 0.1) is 11.9 Å². The summed E-state index contributed by atoms with van der Waals surface area (Å²) in [5.41, 5.74) is 0.769. The maximum atomic E-state index is 6.08. The lowest BCUT2D eigenvalue weighted by atomic mass is 10.2. The van der Waals surface area contributed by atoms with Crippen LogP contribution in [-0.4, -0.2) is 35.3 Å². The predicted molar refractivity (Wildman–Crippen MR) is 74.1 cm³/mol. The molecule has 0 spiro atoms. The molecule has 4 nitrogen and oxygen atoms in total. The summed E-state index contributed by atoms with van der Waals surface area (Å²) in [6.07, 6.45) is 1.63. The van der Waals surface area contributed by atoms with Crippen LogP contribution in [0.2, 0.25) is 5.15 Å². The van der Waals surface area contributed by atoms with Gasteiger partial charge in [-0.2, -0.15) is 4.98 Å². The van der Waals surface area contributed by atoms with Crippen LogP contribution in [0.1, 0.15) is 0 Å². The Hall–Kier alpha value is -1.20. The van der Waals surface area contributed by atoms with E-state index in [-0.39, 0.29) is 0 Å². The van der Waals surface area contributed by atoms with E-state index in [9.17, 15) is 0 Å². The van der Waals surface area contributed by atoms with Crippen molar-refractivity contribution in [2.45, 2.75) is 0 Å². The van der Waals surface area contributed by atoms with Crippen LogP contribution in [0.3, 0.4) is 0 Å². The Morgan fingerprint density at radius 2 is 2.12 bits per heavy atom. The maximum Gasteiger partial charge on any atom is 0.252 e. The summed E-state index contributed by atoms with van der Waals surface area (Å²) in [5.74, 6) is 0.356. The van der Waals surface area contributed by atoms with E-state index < -0.39 is 0 Å². The molecule has 0 saturated carbocycles. The minimum absolute atomic E-state index is 0.356. The van der Waals surface area contributed by atoms with Crippen LogP contribution in [0.25, 0.3) is 10.9 Å². The number of aromatic nitrogens is 2. The number of hydrogen-bond acceptors (Lipinski definition) is 3. The van der Waals surface area contributed by atoms with Crippen LogP contribution in [0.15, 0.2) is 27.7 Å². The summed E-state index contributed by atoms with van der Waals surface area (Å²) in [7, 11) is 3.76. The lowest BCUT2D eigenvalue weighted by Gasteiger charge is -2.03. The van der Waals surface area contributed by atoms with Crippen molar-refractivity contribution in [3.8, 4) is 0 Å². The molecule has 0 aliphatic rings. The molecule has 88 valence electrons. The lowest BCUT2D eigenvalue weighted by molar-refractivity contribution is 0.642. The maximum absolute atomic E-state index is 6.08. The van der Waals surface area contributed by atoms with Crippen LogP contribution in [-0.2, 0) is 0 Å². The number of halogens is 2. The van der Waals surface area contributed by atoms with Crippen molar-refractivity contribution in [3.63, 3.8) is 0 Å². The van der Waals surface area contributed by atoms with Gasteiger partial charge in [-0.05, 0) is 18.2 Å². The van der Waals surface area contributed by atoms with Crippen molar-refractivity contribution in [2.24, 2.45) is 4.99 Å². The summed E-state index contributed by atoms with van der Waals surface area (Å²) in [6.45, 7) is 0. The molecular formula is C11H10BrClN4. The smallest absolute Gasteiger partial charge is 0.252 e. The van der Waals surface area contributed by atoms with Gasteiger partial charge >= 0.3 is 0 Å². The molecule has 0 aliphatic heterocycles. The number of benzene rings is 1. The van der Waals surface area contributed by atoms with E-state index in [1.54, 1.807) is 6.34 Å². The molecule has 0 aliphatic carbocycles. The average Bonchev–Trinajstić information content (AvgIpc) is 2.25. The van der Waals surface area contributed by atoms with Gasteiger partial charge in [0, 0.05) is 24.0 Å². The molecule has 0 amide bonds. The topological polar surface area (TPSA) is 41.4 Å². The molecular weight excluding hydrogens is 304 g/mol. The van der Waals surface area contributed by atoms with Crippen LogP contribution in [0.4, 0.5) is 5.95 Å². The molecule has 0 N–H and O–H groups in total. The van der Waals surface area contributed by atoms with E-state index in [1.165, 1.54) is 0 Å². The Balaban J connectivity index is 2.53. The molecule has 0 saturated heterocycles. The van der Waals surface area contributed by atoms with E-state index in [4.69, 9.17) is 11.6 Å². The first-order chi connectivity index (χ1) is 8.06. The Morgan fingerprint density at radius 1 is 1.35 bits per heavy atom. The van der Waals surface area contributed by atoms with Gasteiger partial charge in [-0.15, -0.1) is 0 Å². The van der Waals surface area contributed by atoms with Gasteiger partial charge in [0.15, 0.2) is 0 Å². The second kappa shape index (κ2) is 4.98. The Labute approximate surface area is 112 Å². The van der Waals surface area contributed by atoms with Crippen molar-refractivity contribution < 1.29 is 0 Å². The molecule has 0 unspecified atom stereocenters. The van der Waals surface area contributed by atoms with Gasteiger partial charge < -0.3 is 4.90 Å². The standard InChI is InChI=1S/C11H10BrClN4/c1-17(2)6-14-11-15-9-5-7(12)3-4-8(9)10(13)16-11/h3-6H,1-2H3/b14-6+. The molecule has 0 radical (unpaired) electrons. The van der Waals surface area contributed by atoms with E-state index in [2.05, 4.69) is 30.9 Å². The largest absolute Gasteiger partial charge is 0.369 e. The minimum Gasteiger partial charge on any atom is -0.369 e. The summed E-state index contributed by atoms with van der Waals surface area (Å²) >= 11 is 9.47. The Bertz CT molecular complexity index is 583. The zero-order valence-corrected chi connectivity index (χ0v) is 11.7. The molecule has 0 bridgehead atoms. The fourth-order valence-electron chi connectivity index (χ4n) is 1.28. The third-order valence-electron chi connectivity index (χ3n) is 2.00. The highest BCUT2D eigenvalue weighted by Gasteiger charge is 2.05. The van der Waals surface area contributed by atoms with E-state index >= 15 is 0 Å². The molecule has 0 atom stereocenters. The number of nitrogens with zero attached hydrogens (tertiary/aromatic N) is 4. The van der Waals surface area contributed by atoms with Gasteiger partial charge in [0.25, 0.3) is 5.95 Å². The summed E-state index contributed by atoms with van der Waals surface area (Å²) in [5, 5.41) is 1.23. The quantitative estimate of drug-likeness (QED) is 0.485. The SMILES string of the molecule is CN(C)/C=N/c1nc(Cl)c2ccc(Br)cc2n1. The fraction of sp³-hybridized carbons (Fsp3) is 0.182. The van der Waals surface area contributed by atoms with Crippen molar-refractivity contribution in [1.29, 1.82) is 0 Å². The number of aliphatic imine (C=N–C) groups is 1. The van der Waals surface area contributed by atoms with E-state index in [1.807, 2.05) is 37.2 Å². The van der Waals surface area contributed by atoms with Crippen LogP contribution in [0.5, 0.6) is 0 Å². The molecule has 2 rings (SSSR count). The Kier molecular flexibility index (Phi) is 3.59. The average molecular weight is 314 g/mol. The number of hydrogen-bond donors (Lipinski definition) is 0. The molecule has 6 heteroatoms. The van der Waals surface area contributed by atoms with Crippen molar-refractivity contribution in [1.82, 2.24) is 14.9 Å². The first-order valence-corrected chi connectivity index (χ1v) is 6.07. The third kappa shape index (κ3) is 2.92. The first kappa shape index (κ1) is 12.3. The number of rotatable bonds is 2. The second-order valence-electron chi connectivity index (χ2n) is 3.68. The lowest BCUT2D eigenvalue weighted by Crippen LogP contribution is -2.07. The van der Waals surface area contributed by atoms with E-state index in [0.29, 0.717) is 11.1 Å². The van der Waals surface area contributed by atoms with Gasteiger partial charge in [0.1, 0.15) is 5.15 Å². The van der Waals surface area contributed by atoms with Gasteiger partial charge in [-0.25, -0.2) is 9.98 Å². The summed E-state index contributed by atoms with van der Waals surface area (Å²) < 4.78 is 0.947. The molecule has 0 fully saturated rings. The van der Waals surface area contributed by atoms with Crippen LogP contribution < -0.4 is 0 Å². The fourth-order valence-corrected chi connectivity index (χ4v) is 1.86. The van der Waals surface area contributed by atoms with Gasteiger partial charge in [0.2, 0.25) is 0 Å². The zero-order valence-electron chi connectivity index (χ0n) is 9.35. The highest BCUT2D eigenvalue weighted by atomic mass is 79.9. The van der Waals surface area contributed by atoms with Crippen LogP contribution >= 0.6 is 27.5 Å². The predicted octanol–water partition coefficient (Wildman–Crippen LogP) is 3.27. The molecule has 1 heterocycles. The van der Waals surface area contributed by atoms with Crippen molar-refractivity contribution in [3.05, 3.63) is 27.8 Å². The normalized spacial score (nSPS) is 11.3. The molecule has 17 heavy (non-hydrogen) atoms. The summed E-state index contributed by atoms with van der Waals surface area (Å²) in [4.78, 5) is 14.4. The van der Waals surface area contributed by atoms with Gasteiger partial charge in [-0.1, -0.05) is 27.5 Å². The highest BCUT2D eigenvalue weighted by molar-refractivity contribution is 9.10. The summed E-state index contributed by atoms with van der Waals surface area (Å²) in [6, 6.07) is 5.67. The van der Waals surface area contributed by atoms with Crippen molar-refractivity contribution in [2.75, 3.05) is 14.1 Å². The monoisotopic (exact) mass is 312 g/mol. The third-order valence-corrected chi connectivity index (χ3v) is 2.79. The second-order valence-corrected chi connectivity index (χ2v) is 4.96. The molecule has 2 aromatic rings. The number of fused-ring (bicyclic) bond motifs is 1.